The summed E-state index contributed by atoms with van der Waals surface area (Å²) in [5, 5.41) is 2.40. The van der Waals surface area contributed by atoms with Gasteiger partial charge in [-0.15, -0.1) is 11.3 Å². The number of benzene rings is 1. The van der Waals surface area contributed by atoms with E-state index in [1.807, 2.05) is 18.3 Å². The number of hydrogen-bond acceptors (Lipinski definition) is 4. The van der Waals surface area contributed by atoms with Gasteiger partial charge in [-0.1, -0.05) is 12.1 Å². The summed E-state index contributed by atoms with van der Waals surface area (Å²) in [6.07, 6.45) is 9.53. The first kappa shape index (κ1) is 19.2. The number of thiazole rings is 1. The lowest BCUT2D eigenvalue weighted by Crippen LogP contribution is -2.37. The topological polar surface area (TPSA) is 61.9 Å². The number of aromatic nitrogens is 3. The molecule has 154 valence electrons. The number of nitrogens with one attached hydrogen (secondary N) is 1. The van der Waals surface area contributed by atoms with E-state index in [0.717, 1.165) is 56.4 Å². The molecule has 0 bridgehead atoms. The van der Waals surface area contributed by atoms with E-state index >= 15 is 0 Å². The number of fused-ring (bicyclic) bond motifs is 2. The molecule has 0 unspecified atom stereocenters. The molecule has 1 saturated heterocycles. The van der Waals surface area contributed by atoms with Gasteiger partial charge in [0.1, 0.15) is 5.65 Å². The molecule has 0 aliphatic carbocycles. The highest BCUT2D eigenvalue weighted by atomic mass is 32.1. The Hall–Kier alpha value is -2.73. The van der Waals surface area contributed by atoms with Gasteiger partial charge in [0, 0.05) is 37.3 Å². The average molecular weight is 419 g/mol. The zero-order valence-electron chi connectivity index (χ0n) is 17.0. The van der Waals surface area contributed by atoms with E-state index in [1.165, 1.54) is 20.7 Å². The number of piperidine rings is 1. The number of carbonyl (C=O) groups excluding carboxylic acids is 1. The number of rotatable bonds is 6. The van der Waals surface area contributed by atoms with Crippen LogP contribution in [0.15, 0.2) is 48.8 Å². The quantitative estimate of drug-likeness (QED) is 0.433. The maximum Gasteiger partial charge on any atom is 0.222 e. The first-order valence-electron chi connectivity index (χ1n) is 10.8. The van der Waals surface area contributed by atoms with Crippen LogP contribution >= 0.6 is 11.3 Å². The summed E-state index contributed by atoms with van der Waals surface area (Å²) in [6, 6.07) is 12.4. The number of aromatic amines is 1. The Bertz CT molecular complexity index is 1120. The van der Waals surface area contributed by atoms with Gasteiger partial charge < -0.3 is 9.88 Å². The van der Waals surface area contributed by atoms with Gasteiger partial charge in [-0.05, 0) is 67.9 Å². The van der Waals surface area contributed by atoms with Gasteiger partial charge in [-0.2, -0.15) is 0 Å². The fraction of sp³-hybridized carbons (Fsp3) is 0.375. The van der Waals surface area contributed by atoms with Crippen LogP contribution in [0.1, 0.15) is 48.6 Å². The zero-order valence-corrected chi connectivity index (χ0v) is 17.8. The second kappa shape index (κ2) is 8.56. The van der Waals surface area contributed by atoms with Crippen molar-refractivity contribution < 1.29 is 4.79 Å². The molecule has 1 aliphatic rings. The van der Waals surface area contributed by atoms with Crippen molar-refractivity contribution in [1.29, 1.82) is 0 Å². The summed E-state index contributed by atoms with van der Waals surface area (Å²) in [5.74, 6) is 0.810. The van der Waals surface area contributed by atoms with Crippen LogP contribution in [0.5, 0.6) is 0 Å². The number of H-pyrrole nitrogens is 1. The van der Waals surface area contributed by atoms with Gasteiger partial charge in [0.25, 0.3) is 0 Å². The summed E-state index contributed by atoms with van der Waals surface area (Å²) >= 11 is 1.77. The Morgan fingerprint density at radius 1 is 1.13 bits per heavy atom. The third-order valence-corrected chi connectivity index (χ3v) is 7.24. The number of likely N-dealkylation sites (tertiary alicyclic amines) is 1. The minimum Gasteiger partial charge on any atom is -0.346 e. The number of hydrogen-bond donors (Lipinski definition) is 1. The predicted octanol–water partition coefficient (Wildman–Crippen LogP) is 5.29. The lowest BCUT2D eigenvalue weighted by atomic mass is 9.89. The van der Waals surface area contributed by atoms with Crippen LogP contribution in [-0.2, 0) is 11.2 Å². The molecule has 1 N–H and O–H groups in total. The Morgan fingerprint density at radius 3 is 2.87 bits per heavy atom. The highest BCUT2D eigenvalue weighted by molar-refractivity contribution is 7.18. The van der Waals surface area contributed by atoms with Crippen LogP contribution in [0.2, 0.25) is 0 Å². The molecule has 0 radical (unpaired) electrons. The molecule has 1 aromatic carbocycles. The number of amides is 1. The minimum atomic E-state index is 0.304. The molecule has 4 aromatic rings. The molecule has 5 rings (SSSR count). The summed E-state index contributed by atoms with van der Waals surface area (Å²) in [4.78, 5) is 27.1. The van der Waals surface area contributed by atoms with Gasteiger partial charge in [-0.25, -0.2) is 9.97 Å². The number of carbonyl (C=O) groups is 1. The molecule has 30 heavy (non-hydrogen) atoms. The maximum atomic E-state index is 12.7. The molecule has 4 heterocycles. The fourth-order valence-corrected chi connectivity index (χ4v) is 5.50. The van der Waals surface area contributed by atoms with Crippen molar-refractivity contribution in [3.63, 3.8) is 0 Å². The number of unbranched alkanes of at least 4 members (excludes halogenated alkanes) is 1. The first-order valence-corrected chi connectivity index (χ1v) is 11.6. The summed E-state index contributed by atoms with van der Waals surface area (Å²) < 4.78 is 1.25. The van der Waals surface area contributed by atoms with E-state index in [2.05, 4.69) is 50.3 Å². The zero-order chi connectivity index (χ0) is 20.3. The first-order chi connectivity index (χ1) is 14.8. The van der Waals surface area contributed by atoms with Crippen molar-refractivity contribution in [1.82, 2.24) is 19.9 Å². The molecule has 0 atom stereocenters. The molecule has 6 heteroatoms. The SMILES string of the molecule is O=C(CCCCc1nc2ccccc2s1)N1CCC(c2c[nH]c3ncccc23)CC1. The van der Waals surface area contributed by atoms with Crippen molar-refractivity contribution in [3.05, 3.63) is 59.4 Å². The molecular formula is C24H26N4OS. The Morgan fingerprint density at radius 2 is 2.00 bits per heavy atom. The third kappa shape index (κ3) is 3.97. The summed E-state index contributed by atoms with van der Waals surface area (Å²) in [5.41, 5.74) is 3.39. The highest BCUT2D eigenvalue weighted by Gasteiger charge is 2.25. The van der Waals surface area contributed by atoms with Crippen molar-refractivity contribution >= 4 is 38.5 Å². The second-order valence-electron chi connectivity index (χ2n) is 8.08. The second-order valence-corrected chi connectivity index (χ2v) is 9.20. The van der Waals surface area contributed by atoms with E-state index in [1.54, 1.807) is 11.3 Å². The molecule has 1 aliphatic heterocycles. The summed E-state index contributed by atoms with van der Waals surface area (Å²) in [7, 11) is 0. The van der Waals surface area contributed by atoms with E-state index < -0.39 is 0 Å². The van der Waals surface area contributed by atoms with Gasteiger partial charge >= 0.3 is 0 Å². The molecule has 1 fully saturated rings. The molecule has 5 nitrogen and oxygen atoms in total. The Kier molecular flexibility index (Phi) is 5.49. The van der Waals surface area contributed by atoms with E-state index in [-0.39, 0.29) is 0 Å². The van der Waals surface area contributed by atoms with E-state index in [9.17, 15) is 4.79 Å². The predicted molar refractivity (Wildman–Crippen MR) is 122 cm³/mol. The molecular weight excluding hydrogens is 392 g/mol. The van der Waals surface area contributed by atoms with Crippen LogP contribution in [0.4, 0.5) is 0 Å². The molecule has 3 aromatic heterocycles. The normalized spacial score (nSPS) is 15.3. The smallest absolute Gasteiger partial charge is 0.222 e. The third-order valence-electron chi connectivity index (χ3n) is 6.14. The molecule has 1 amide bonds. The van der Waals surface area contributed by atoms with Crippen LogP contribution in [-0.4, -0.2) is 38.8 Å². The maximum absolute atomic E-state index is 12.7. The van der Waals surface area contributed by atoms with Gasteiger partial charge in [0.05, 0.1) is 15.2 Å². The van der Waals surface area contributed by atoms with Gasteiger partial charge in [0.2, 0.25) is 5.91 Å². The molecule has 0 spiro atoms. The van der Waals surface area contributed by atoms with Crippen molar-refractivity contribution in [2.45, 2.75) is 44.4 Å². The minimum absolute atomic E-state index is 0.304. The van der Waals surface area contributed by atoms with E-state index in [4.69, 9.17) is 0 Å². The largest absolute Gasteiger partial charge is 0.346 e. The number of pyridine rings is 1. The summed E-state index contributed by atoms with van der Waals surface area (Å²) in [6.45, 7) is 1.71. The van der Waals surface area contributed by atoms with Crippen molar-refractivity contribution in [2.24, 2.45) is 0 Å². The number of aryl methyl sites for hydroxylation is 1. The van der Waals surface area contributed by atoms with Crippen molar-refractivity contribution in [2.75, 3.05) is 13.1 Å². The van der Waals surface area contributed by atoms with Gasteiger partial charge in [0.15, 0.2) is 0 Å². The highest BCUT2D eigenvalue weighted by Crippen LogP contribution is 2.32. The van der Waals surface area contributed by atoms with E-state index in [0.29, 0.717) is 18.2 Å². The average Bonchev–Trinajstić information content (AvgIpc) is 3.40. The van der Waals surface area contributed by atoms with Crippen LogP contribution in [0.25, 0.3) is 21.3 Å². The Balaban J connectivity index is 1.08. The number of para-hydroxylation sites is 1. The monoisotopic (exact) mass is 418 g/mol. The number of nitrogens with zero attached hydrogens (tertiary/aromatic N) is 3. The Labute approximate surface area is 180 Å². The van der Waals surface area contributed by atoms with Crippen LogP contribution in [0.3, 0.4) is 0 Å². The van der Waals surface area contributed by atoms with Crippen molar-refractivity contribution in [3.8, 4) is 0 Å². The standard InChI is InChI=1S/C24H26N4OS/c29-23(10-4-3-9-22-27-20-7-1-2-8-21(20)30-22)28-14-11-17(12-15-28)19-16-26-24-18(19)6-5-13-25-24/h1-2,5-8,13,16-17H,3-4,9-12,14-15H2,(H,25,26). The van der Waals surface area contributed by atoms with Crippen LogP contribution < -0.4 is 0 Å². The lowest BCUT2D eigenvalue weighted by Gasteiger charge is -2.32. The van der Waals surface area contributed by atoms with Gasteiger partial charge in [-0.3, -0.25) is 4.79 Å². The van der Waals surface area contributed by atoms with Crippen LogP contribution in [0, 0.1) is 0 Å². The molecule has 0 saturated carbocycles. The lowest BCUT2D eigenvalue weighted by molar-refractivity contribution is -0.132. The fourth-order valence-electron chi connectivity index (χ4n) is 4.49.